The summed E-state index contributed by atoms with van der Waals surface area (Å²) in [5.41, 5.74) is 4.66. The molecule has 2 aromatic rings. The highest BCUT2D eigenvalue weighted by molar-refractivity contribution is 5.38. The lowest BCUT2D eigenvalue weighted by Crippen LogP contribution is -2.19. The number of aryl methyl sites for hydroxylation is 2. The molecule has 120 valence electrons. The molecule has 1 N–H and O–H groups in total. The molecule has 0 radical (unpaired) electrons. The van der Waals surface area contributed by atoms with E-state index in [0.29, 0.717) is 0 Å². The summed E-state index contributed by atoms with van der Waals surface area (Å²) < 4.78 is 12.5. The summed E-state index contributed by atoms with van der Waals surface area (Å²) in [4.78, 5) is 0. The fourth-order valence-electron chi connectivity index (χ4n) is 2.76. The second kappa shape index (κ2) is 6.83. The number of hydrogen-bond acceptors (Lipinski definition) is 4. The van der Waals surface area contributed by atoms with E-state index < -0.39 is 0 Å². The predicted molar refractivity (Wildman–Crippen MR) is 87.5 cm³/mol. The maximum Gasteiger partial charge on any atom is 0.122 e. The summed E-state index contributed by atoms with van der Waals surface area (Å²) in [5.74, 6) is 1.61. The number of aromatic nitrogens is 2. The molecule has 5 heteroatoms. The molecule has 2 rings (SSSR count). The van der Waals surface area contributed by atoms with E-state index >= 15 is 0 Å². The van der Waals surface area contributed by atoms with Gasteiger partial charge in [-0.15, -0.1) is 0 Å². The summed E-state index contributed by atoms with van der Waals surface area (Å²) >= 11 is 0. The first-order valence-corrected chi connectivity index (χ1v) is 7.41. The topological polar surface area (TPSA) is 48.3 Å². The molecular weight excluding hydrogens is 278 g/mol. The van der Waals surface area contributed by atoms with Gasteiger partial charge in [0.2, 0.25) is 0 Å². The summed E-state index contributed by atoms with van der Waals surface area (Å²) in [5, 5.41) is 8.03. The van der Waals surface area contributed by atoms with Gasteiger partial charge in [-0.1, -0.05) is 0 Å². The van der Waals surface area contributed by atoms with Crippen molar-refractivity contribution in [1.29, 1.82) is 0 Å². The molecule has 1 atom stereocenters. The molecule has 1 heterocycles. The van der Waals surface area contributed by atoms with Crippen LogP contribution in [-0.4, -0.2) is 24.0 Å². The Morgan fingerprint density at radius 3 is 2.18 bits per heavy atom. The standard InChI is InChI=1S/C17H25N3O2/c1-11(17-12(2)19-20(4)13(17)3)18-10-14-7-15(21-5)9-16(8-14)22-6/h7-9,11,18H,10H2,1-6H3. The van der Waals surface area contributed by atoms with E-state index in [9.17, 15) is 0 Å². The van der Waals surface area contributed by atoms with Gasteiger partial charge >= 0.3 is 0 Å². The number of ether oxygens (including phenoxy) is 2. The molecule has 5 nitrogen and oxygen atoms in total. The highest BCUT2D eigenvalue weighted by Crippen LogP contribution is 2.24. The number of rotatable bonds is 6. The third-order valence-corrected chi connectivity index (χ3v) is 4.02. The molecule has 22 heavy (non-hydrogen) atoms. The van der Waals surface area contributed by atoms with Gasteiger partial charge in [0.1, 0.15) is 11.5 Å². The summed E-state index contributed by atoms with van der Waals surface area (Å²) in [6.45, 7) is 7.05. The Labute approximate surface area is 132 Å². The minimum absolute atomic E-state index is 0.228. The molecule has 0 aliphatic carbocycles. The van der Waals surface area contributed by atoms with E-state index in [2.05, 4.69) is 31.2 Å². The van der Waals surface area contributed by atoms with Gasteiger partial charge in [0.05, 0.1) is 19.9 Å². The molecule has 0 aliphatic rings. The van der Waals surface area contributed by atoms with Crippen LogP contribution in [0.15, 0.2) is 18.2 Å². The van der Waals surface area contributed by atoms with Gasteiger partial charge < -0.3 is 14.8 Å². The molecule has 0 fully saturated rings. The SMILES string of the molecule is COc1cc(CNC(C)c2c(C)nn(C)c2C)cc(OC)c1. The molecule has 0 bridgehead atoms. The van der Waals surface area contributed by atoms with Crippen LogP contribution in [0.4, 0.5) is 0 Å². The number of nitrogens with one attached hydrogen (secondary N) is 1. The zero-order chi connectivity index (χ0) is 16.3. The Morgan fingerprint density at radius 2 is 1.73 bits per heavy atom. The zero-order valence-electron chi connectivity index (χ0n) is 14.2. The van der Waals surface area contributed by atoms with Crippen molar-refractivity contribution in [3.05, 3.63) is 40.7 Å². The van der Waals surface area contributed by atoms with Crippen LogP contribution >= 0.6 is 0 Å². The molecule has 0 saturated heterocycles. The van der Waals surface area contributed by atoms with Crippen LogP contribution in [0.2, 0.25) is 0 Å². The third-order valence-electron chi connectivity index (χ3n) is 4.02. The van der Waals surface area contributed by atoms with E-state index in [1.807, 2.05) is 29.9 Å². The third kappa shape index (κ3) is 3.42. The van der Waals surface area contributed by atoms with Crippen molar-refractivity contribution in [3.8, 4) is 11.5 Å². The second-order valence-corrected chi connectivity index (χ2v) is 5.53. The van der Waals surface area contributed by atoms with Crippen molar-refractivity contribution in [2.24, 2.45) is 7.05 Å². The second-order valence-electron chi connectivity index (χ2n) is 5.53. The average Bonchev–Trinajstić information content (AvgIpc) is 2.77. The van der Waals surface area contributed by atoms with Gasteiger partial charge in [0.15, 0.2) is 0 Å². The smallest absolute Gasteiger partial charge is 0.122 e. The molecule has 0 aliphatic heterocycles. The van der Waals surface area contributed by atoms with Crippen LogP contribution in [-0.2, 0) is 13.6 Å². The highest BCUT2D eigenvalue weighted by atomic mass is 16.5. The van der Waals surface area contributed by atoms with Crippen LogP contribution < -0.4 is 14.8 Å². The lowest BCUT2D eigenvalue weighted by molar-refractivity contribution is 0.392. The van der Waals surface area contributed by atoms with Crippen LogP contribution in [0.25, 0.3) is 0 Å². The highest BCUT2D eigenvalue weighted by Gasteiger charge is 2.16. The minimum atomic E-state index is 0.228. The van der Waals surface area contributed by atoms with Gasteiger partial charge in [-0.3, -0.25) is 4.68 Å². The Bertz CT molecular complexity index is 627. The first-order chi connectivity index (χ1) is 10.5. The first kappa shape index (κ1) is 16.4. The normalized spacial score (nSPS) is 12.3. The van der Waals surface area contributed by atoms with Crippen molar-refractivity contribution < 1.29 is 9.47 Å². The van der Waals surface area contributed by atoms with Gasteiger partial charge in [-0.2, -0.15) is 5.10 Å². The lowest BCUT2D eigenvalue weighted by Gasteiger charge is -2.16. The van der Waals surface area contributed by atoms with Crippen LogP contribution in [0.5, 0.6) is 11.5 Å². The minimum Gasteiger partial charge on any atom is -0.497 e. The molecule has 0 saturated carbocycles. The Morgan fingerprint density at radius 1 is 1.14 bits per heavy atom. The van der Waals surface area contributed by atoms with Gasteiger partial charge in [0.25, 0.3) is 0 Å². The number of nitrogens with zero attached hydrogens (tertiary/aromatic N) is 2. The van der Waals surface area contributed by atoms with E-state index in [4.69, 9.17) is 9.47 Å². The molecule has 0 spiro atoms. The molecule has 1 aromatic carbocycles. The van der Waals surface area contributed by atoms with E-state index in [-0.39, 0.29) is 6.04 Å². The predicted octanol–water partition coefficient (Wildman–Crippen LogP) is 2.90. The number of benzene rings is 1. The zero-order valence-corrected chi connectivity index (χ0v) is 14.2. The van der Waals surface area contributed by atoms with Crippen molar-refractivity contribution in [3.63, 3.8) is 0 Å². The van der Waals surface area contributed by atoms with Gasteiger partial charge in [-0.25, -0.2) is 0 Å². The molecule has 1 aromatic heterocycles. The van der Waals surface area contributed by atoms with E-state index in [1.165, 1.54) is 11.3 Å². The monoisotopic (exact) mass is 303 g/mol. The van der Waals surface area contributed by atoms with Crippen LogP contribution in [0, 0.1) is 13.8 Å². The van der Waals surface area contributed by atoms with Gasteiger partial charge in [-0.05, 0) is 38.5 Å². The summed E-state index contributed by atoms with van der Waals surface area (Å²) in [6, 6.07) is 6.14. The van der Waals surface area contributed by atoms with E-state index in [1.54, 1.807) is 14.2 Å². The van der Waals surface area contributed by atoms with Crippen molar-refractivity contribution in [2.45, 2.75) is 33.4 Å². The maximum atomic E-state index is 5.31. The Hall–Kier alpha value is -2.01. The molecular formula is C17H25N3O2. The Balaban J connectivity index is 2.12. The fourth-order valence-corrected chi connectivity index (χ4v) is 2.76. The molecule has 0 amide bonds. The first-order valence-electron chi connectivity index (χ1n) is 7.41. The average molecular weight is 303 g/mol. The maximum absolute atomic E-state index is 5.31. The Kier molecular flexibility index (Phi) is 5.08. The summed E-state index contributed by atoms with van der Waals surface area (Å²) in [7, 11) is 5.30. The number of methoxy groups -OCH3 is 2. The summed E-state index contributed by atoms with van der Waals surface area (Å²) in [6.07, 6.45) is 0. The quantitative estimate of drug-likeness (QED) is 0.891. The van der Waals surface area contributed by atoms with Crippen LogP contribution in [0.3, 0.4) is 0 Å². The van der Waals surface area contributed by atoms with Crippen molar-refractivity contribution in [2.75, 3.05) is 14.2 Å². The van der Waals surface area contributed by atoms with Crippen LogP contribution in [0.1, 0.15) is 35.5 Å². The fraction of sp³-hybridized carbons (Fsp3) is 0.471. The van der Waals surface area contributed by atoms with E-state index in [0.717, 1.165) is 29.3 Å². The van der Waals surface area contributed by atoms with Crippen molar-refractivity contribution in [1.82, 2.24) is 15.1 Å². The van der Waals surface area contributed by atoms with Gasteiger partial charge in [0, 0.05) is 37.0 Å². The van der Waals surface area contributed by atoms with Crippen molar-refractivity contribution >= 4 is 0 Å². The number of hydrogen-bond donors (Lipinski definition) is 1. The lowest BCUT2D eigenvalue weighted by atomic mass is 10.1. The molecule has 1 unspecified atom stereocenters. The largest absolute Gasteiger partial charge is 0.497 e.